The second kappa shape index (κ2) is 6.38. The quantitative estimate of drug-likeness (QED) is 0.255. The Labute approximate surface area is 78.9 Å². The van der Waals surface area contributed by atoms with Crippen LogP contribution in [0, 0.1) is 11.3 Å². The van der Waals surface area contributed by atoms with Crippen LogP contribution in [0.4, 0.5) is 0 Å². The molecule has 0 aromatic heterocycles. The number of hydrogen-bond donors (Lipinski definition) is 3. The van der Waals surface area contributed by atoms with E-state index in [0.717, 1.165) is 0 Å². The first-order valence-corrected chi connectivity index (χ1v) is 3.43. The minimum atomic E-state index is -1.11. The molecule has 3 amide bonds. The van der Waals surface area contributed by atoms with E-state index in [-0.39, 0.29) is 6.54 Å². The highest BCUT2D eigenvalue weighted by atomic mass is 16.7. The van der Waals surface area contributed by atoms with E-state index in [4.69, 9.17) is 5.26 Å². The van der Waals surface area contributed by atoms with Crippen LogP contribution in [0.3, 0.4) is 0 Å². The Hall–Kier alpha value is -2.14. The standard InChI is InChI=1S/C6H8N4O4/c7-1-2-9-5(12)6(13)10-14-3-4(8)11/h2-3H2,(H2,8,11)(H,9,12)(H,10,13). The Bertz CT molecular complexity index is 282. The molecule has 0 aromatic carbocycles. The summed E-state index contributed by atoms with van der Waals surface area (Å²) in [5.74, 6) is -2.93. The predicted molar refractivity (Wildman–Crippen MR) is 41.9 cm³/mol. The van der Waals surface area contributed by atoms with Crippen LogP contribution in [0.25, 0.3) is 0 Å². The second-order valence-electron chi connectivity index (χ2n) is 2.03. The largest absolute Gasteiger partial charge is 0.368 e. The van der Waals surface area contributed by atoms with Crippen LogP contribution < -0.4 is 16.5 Å². The van der Waals surface area contributed by atoms with Crippen LogP contribution in [-0.4, -0.2) is 30.9 Å². The van der Waals surface area contributed by atoms with Crippen molar-refractivity contribution in [2.75, 3.05) is 13.2 Å². The zero-order valence-electron chi connectivity index (χ0n) is 7.07. The Balaban J connectivity index is 3.69. The van der Waals surface area contributed by atoms with E-state index in [0.29, 0.717) is 0 Å². The molecule has 0 saturated heterocycles. The molecule has 0 aliphatic heterocycles. The Morgan fingerprint density at radius 1 is 1.36 bits per heavy atom. The van der Waals surface area contributed by atoms with E-state index in [9.17, 15) is 14.4 Å². The summed E-state index contributed by atoms with van der Waals surface area (Å²) >= 11 is 0. The molecule has 0 unspecified atom stereocenters. The number of rotatable bonds is 4. The molecule has 0 rings (SSSR count). The van der Waals surface area contributed by atoms with Crippen molar-refractivity contribution in [1.82, 2.24) is 10.8 Å². The van der Waals surface area contributed by atoms with Gasteiger partial charge in [-0.15, -0.1) is 0 Å². The zero-order chi connectivity index (χ0) is 11.0. The summed E-state index contributed by atoms with van der Waals surface area (Å²) in [6.07, 6.45) is 0. The summed E-state index contributed by atoms with van der Waals surface area (Å²) < 4.78 is 0. The summed E-state index contributed by atoms with van der Waals surface area (Å²) in [6, 6.07) is 1.60. The lowest BCUT2D eigenvalue weighted by molar-refractivity contribution is -0.148. The number of nitriles is 1. The van der Waals surface area contributed by atoms with Gasteiger partial charge in [0.15, 0.2) is 6.61 Å². The topological polar surface area (TPSA) is 134 Å². The lowest BCUT2D eigenvalue weighted by atomic mass is 10.5. The average molecular weight is 200 g/mol. The van der Waals surface area contributed by atoms with E-state index >= 15 is 0 Å². The number of hydroxylamine groups is 1. The Kier molecular flexibility index (Phi) is 5.41. The van der Waals surface area contributed by atoms with Gasteiger partial charge in [0.25, 0.3) is 0 Å². The van der Waals surface area contributed by atoms with Gasteiger partial charge >= 0.3 is 11.8 Å². The van der Waals surface area contributed by atoms with Crippen molar-refractivity contribution < 1.29 is 19.2 Å². The van der Waals surface area contributed by atoms with Crippen LogP contribution in [0.1, 0.15) is 0 Å². The van der Waals surface area contributed by atoms with E-state index in [1.54, 1.807) is 11.5 Å². The van der Waals surface area contributed by atoms with Crippen LogP contribution in [-0.2, 0) is 19.2 Å². The fourth-order valence-electron chi connectivity index (χ4n) is 0.419. The van der Waals surface area contributed by atoms with Gasteiger partial charge in [-0.25, -0.2) is 5.48 Å². The smallest absolute Gasteiger partial charge is 0.332 e. The first-order valence-electron chi connectivity index (χ1n) is 3.43. The van der Waals surface area contributed by atoms with E-state index < -0.39 is 24.3 Å². The van der Waals surface area contributed by atoms with Gasteiger partial charge in [-0.3, -0.25) is 19.2 Å². The maximum absolute atomic E-state index is 10.7. The molecule has 0 heterocycles. The molecule has 0 aromatic rings. The third-order valence-electron chi connectivity index (χ3n) is 0.914. The Morgan fingerprint density at radius 2 is 2.00 bits per heavy atom. The van der Waals surface area contributed by atoms with Gasteiger partial charge < -0.3 is 11.1 Å². The molecule has 4 N–H and O–H groups in total. The molecular weight excluding hydrogens is 192 g/mol. The highest BCUT2D eigenvalue weighted by Crippen LogP contribution is 1.70. The molecule has 0 aliphatic carbocycles. The number of nitrogens with zero attached hydrogens (tertiary/aromatic N) is 1. The molecule has 76 valence electrons. The van der Waals surface area contributed by atoms with Gasteiger partial charge in [0.2, 0.25) is 5.91 Å². The molecule has 0 radical (unpaired) electrons. The number of carbonyl (C=O) groups is 3. The second-order valence-corrected chi connectivity index (χ2v) is 2.03. The third kappa shape index (κ3) is 5.50. The summed E-state index contributed by atoms with van der Waals surface area (Å²) in [5, 5.41) is 10.0. The number of hydrogen-bond acceptors (Lipinski definition) is 5. The van der Waals surface area contributed by atoms with Crippen molar-refractivity contribution in [3.63, 3.8) is 0 Å². The molecule has 0 atom stereocenters. The molecule has 0 aliphatic rings. The third-order valence-corrected chi connectivity index (χ3v) is 0.914. The van der Waals surface area contributed by atoms with Crippen LogP contribution >= 0.6 is 0 Å². The summed E-state index contributed by atoms with van der Waals surface area (Å²) in [6.45, 7) is -0.820. The van der Waals surface area contributed by atoms with Crippen molar-refractivity contribution in [3.8, 4) is 6.07 Å². The van der Waals surface area contributed by atoms with Gasteiger partial charge in [0.05, 0.1) is 6.07 Å². The number of primary amides is 1. The zero-order valence-corrected chi connectivity index (χ0v) is 7.07. The number of carbonyl (C=O) groups excluding carboxylic acids is 3. The van der Waals surface area contributed by atoms with E-state index in [2.05, 4.69) is 10.6 Å². The van der Waals surface area contributed by atoms with Gasteiger partial charge in [-0.05, 0) is 0 Å². The minimum absolute atomic E-state index is 0.290. The van der Waals surface area contributed by atoms with Crippen LogP contribution in [0.5, 0.6) is 0 Å². The summed E-state index contributed by atoms with van der Waals surface area (Å²) in [4.78, 5) is 35.8. The molecular formula is C6H8N4O4. The van der Waals surface area contributed by atoms with E-state index in [1.807, 2.05) is 5.32 Å². The molecule has 0 saturated carbocycles. The summed E-state index contributed by atoms with van der Waals surface area (Å²) in [7, 11) is 0. The monoisotopic (exact) mass is 200 g/mol. The van der Waals surface area contributed by atoms with Gasteiger partial charge in [-0.1, -0.05) is 0 Å². The first kappa shape index (κ1) is 11.9. The highest BCUT2D eigenvalue weighted by molar-refractivity contribution is 6.34. The lowest BCUT2D eigenvalue weighted by Crippen LogP contribution is -2.41. The summed E-state index contributed by atoms with van der Waals surface area (Å²) in [5.41, 5.74) is 6.34. The fraction of sp³-hybridized carbons (Fsp3) is 0.333. The van der Waals surface area contributed by atoms with Gasteiger partial charge in [0.1, 0.15) is 6.54 Å². The maximum Gasteiger partial charge on any atom is 0.332 e. The molecule has 8 heteroatoms. The Morgan fingerprint density at radius 3 is 2.50 bits per heavy atom. The van der Waals surface area contributed by atoms with Crippen molar-refractivity contribution in [3.05, 3.63) is 0 Å². The van der Waals surface area contributed by atoms with Crippen molar-refractivity contribution >= 4 is 17.7 Å². The molecule has 14 heavy (non-hydrogen) atoms. The first-order chi connectivity index (χ1) is 6.57. The number of amides is 3. The lowest BCUT2D eigenvalue weighted by Gasteiger charge is -2.02. The number of nitrogens with one attached hydrogen (secondary N) is 2. The predicted octanol–water partition coefficient (Wildman–Crippen LogP) is -2.84. The SMILES string of the molecule is N#CCNC(=O)C(=O)NOCC(N)=O. The fourth-order valence-corrected chi connectivity index (χ4v) is 0.419. The maximum atomic E-state index is 10.7. The van der Waals surface area contributed by atoms with E-state index in [1.165, 1.54) is 0 Å². The van der Waals surface area contributed by atoms with Crippen LogP contribution in [0.2, 0.25) is 0 Å². The average Bonchev–Trinajstić information content (AvgIpc) is 2.13. The number of nitrogens with two attached hydrogens (primary N) is 1. The normalized spacial score (nSPS) is 8.50. The van der Waals surface area contributed by atoms with Gasteiger partial charge in [-0.2, -0.15) is 5.26 Å². The van der Waals surface area contributed by atoms with Crippen molar-refractivity contribution in [2.45, 2.75) is 0 Å². The highest BCUT2D eigenvalue weighted by Gasteiger charge is 2.12. The molecule has 0 fully saturated rings. The minimum Gasteiger partial charge on any atom is -0.368 e. The molecule has 8 nitrogen and oxygen atoms in total. The molecule has 0 bridgehead atoms. The van der Waals surface area contributed by atoms with Crippen molar-refractivity contribution in [2.24, 2.45) is 5.73 Å². The van der Waals surface area contributed by atoms with Crippen molar-refractivity contribution in [1.29, 1.82) is 5.26 Å². The molecule has 0 spiro atoms. The van der Waals surface area contributed by atoms with Gasteiger partial charge in [0, 0.05) is 0 Å². The van der Waals surface area contributed by atoms with Crippen LogP contribution in [0.15, 0.2) is 0 Å².